The van der Waals surface area contributed by atoms with Crippen molar-refractivity contribution in [3.63, 3.8) is 0 Å². The number of carboxylic acids is 1. The topological polar surface area (TPSA) is 40.5 Å². The highest BCUT2D eigenvalue weighted by Crippen LogP contribution is 2.32. The van der Waals surface area contributed by atoms with Crippen molar-refractivity contribution in [2.24, 2.45) is 17.8 Å². The summed E-state index contributed by atoms with van der Waals surface area (Å²) in [5.41, 5.74) is 0. The van der Waals surface area contributed by atoms with Crippen molar-refractivity contribution in [2.75, 3.05) is 13.1 Å². The van der Waals surface area contributed by atoms with Gasteiger partial charge in [-0.05, 0) is 31.1 Å². The third-order valence-electron chi connectivity index (χ3n) is 4.78. The second-order valence-electron chi connectivity index (χ2n) is 6.11. The molecule has 1 N–H and O–H groups in total. The van der Waals surface area contributed by atoms with E-state index in [0.717, 1.165) is 25.0 Å². The third kappa shape index (κ3) is 3.01. The first-order valence-corrected chi connectivity index (χ1v) is 7.04. The second kappa shape index (κ2) is 5.38. The summed E-state index contributed by atoms with van der Waals surface area (Å²) in [6.07, 6.45) is 6.70. The number of likely N-dealkylation sites (tertiary alicyclic amines) is 1. The monoisotopic (exact) mass is 239 g/mol. The minimum absolute atomic E-state index is 0.170. The number of carbonyl (C=O) groups is 1. The van der Waals surface area contributed by atoms with Crippen molar-refractivity contribution in [3.8, 4) is 0 Å². The lowest BCUT2D eigenvalue weighted by molar-refractivity contribution is -0.146. The van der Waals surface area contributed by atoms with Crippen LogP contribution in [0.4, 0.5) is 0 Å². The van der Waals surface area contributed by atoms with Gasteiger partial charge < -0.3 is 5.11 Å². The summed E-state index contributed by atoms with van der Waals surface area (Å²) in [6.45, 7) is 6.21. The van der Waals surface area contributed by atoms with E-state index >= 15 is 0 Å². The molecule has 1 saturated carbocycles. The Balaban J connectivity index is 1.77. The van der Waals surface area contributed by atoms with Crippen LogP contribution in [0.25, 0.3) is 0 Å². The minimum Gasteiger partial charge on any atom is -0.481 e. The molecule has 3 heteroatoms. The molecule has 3 unspecified atom stereocenters. The quantitative estimate of drug-likeness (QED) is 0.770. The van der Waals surface area contributed by atoms with Gasteiger partial charge in [-0.1, -0.05) is 26.7 Å². The molecule has 1 heterocycles. The standard InChI is InChI=1S/C14H25NO2/c1-10-4-3-5-13(7-6-10)15-8-12(9-15)11(2)14(16)17/h10-13H,3-9H2,1-2H3,(H,16,17). The molecule has 2 rings (SSSR count). The maximum atomic E-state index is 10.9. The maximum absolute atomic E-state index is 10.9. The van der Waals surface area contributed by atoms with Crippen molar-refractivity contribution >= 4 is 5.97 Å². The molecule has 0 spiro atoms. The van der Waals surface area contributed by atoms with Gasteiger partial charge in [0.1, 0.15) is 0 Å². The molecule has 1 saturated heterocycles. The van der Waals surface area contributed by atoms with Gasteiger partial charge in [-0.15, -0.1) is 0 Å². The van der Waals surface area contributed by atoms with Crippen molar-refractivity contribution in [1.29, 1.82) is 0 Å². The molecule has 3 atom stereocenters. The van der Waals surface area contributed by atoms with E-state index in [0.29, 0.717) is 5.92 Å². The van der Waals surface area contributed by atoms with E-state index in [9.17, 15) is 4.79 Å². The summed E-state index contributed by atoms with van der Waals surface area (Å²) < 4.78 is 0. The summed E-state index contributed by atoms with van der Waals surface area (Å²) in [6, 6.07) is 0.734. The van der Waals surface area contributed by atoms with Crippen molar-refractivity contribution in [1.82, 2.24) is 4.90 Å². The smallest absolute Gasteiger partial charge is 0.306 e. The average molecular weight is 239 g/mol. The molecule has 2 aliphatic rings. The zero-order chi connectivity index (χ0) is 12.4. The first-order valence-electron chi connectivity index (χ1n) is 7.04. The lowest BCUT2D eigenvalue weighted by Crippen LogP contribution is -2.55. The van der Waals surface area contributed by atoms with E-state index in [1.54, 1.807) is 0 Å². The first-order chi connectivity index (χ1) is 8.08. The highest BCUT2D eigenvalue weighted by atomic mass is 16.4. The fourth-order valence-electron chi connectivity index (χ4n) is 3.20. The summed E-state index contributed by atoms with van der Waals surface area (Å²) >= 11 is 0. The van der Waals surface area contributed by atoms with Crippen LogP contribution in [0.2, 0.25) is 0 Å². The zero-order valence-electron chi connectivity index (χ0n) is 11.1. The molecule has 0 aromatic heterocycles. The molecular weight excluding hydrogens is 214 g/mol. The molecule has 3 nitrogen and oxygen atoms in total. The highest BCUT2D eigenvalue weighted by molar-refractivity contribution is 5.70. The minimum atomic E-state index is -0.635. The molecular formula is C14H25NO2. The Labute approximate surface area is 104 Å². The first kappa shape index (κ1) is 12.9. The fourth-order valence-corrected chi connectivity index (χ4v) is 3.20. The van der Waals surface area contributed by atoms with Crippen LogP contribution in [0.3, 0.4) is 0 Å². The van der Waals surface area contributed by atoms with Gasteiger partial charge in [0.15, 0.2) is 0 Å². The highest BCUT2D eigenvalue weighted by Gasteiger charge is 2.38. The largest absolute Gasteiger partial charge is 0.481 e. The Kier molecular flexibility index (Phi) is 4.08. The van der Waals surface area contributed by atoms with Crippen LogP contribution >= 0.6 is 0 Å². The van der Waals surface area contributed by atoms with Crippen LogP contribution in [-0.4, -0.2) is 35.1 Å². The summed E-state index contributed by atoms with van der Waals surface area (Å²) in [5, 5.41) is 8.98. The van der Waals surface area contributed by atoms with E-state index in [4.69, 9.17) is 5.11 Å². The molecule has 1 aliphatic carbocycles. The van der Waals surface area contributed by atoms with E-state index in [1.807, 2.05) is 6.92 Å². The Morgan fingerprint density at radius 1 is 1.24 bits per heavy atom. The molecule has 0 bridgehead atoms. The number of rotatable bonds is 3. The molecule has 0 aromatic rings. The summed E-state index contributed by atoms with van der Waals surface area (Å²) in [5.74, 6) is 0.461. The van der Waals surface area contributed by atoms with Crippen molar-refractivity contribution in [2.45, 2.75) is 52.0 Å². The van der Waals surface area contributed by atoms with Crippen LogP contribution in [0.5, 0.6) is 0 Å². The number of aliphatic carboxylic acids is 1. The van der Waals surface area contributed by atoms with Crippen molar-refractivity contribution in [3.05, 3.63) is 0 Å². The Bertz CT molecular complexity index is 273. The molecule has 0 amide bonds. The van der Waals surface area contributed by atoms with Crippen LogP contribution in [0.1, 0.15) is 46.0 Å². The lowest BCUT2D eigenvalue weighted by atomic mass is 9.85. The van der Waals surface area contributed by atoms with Gasteiger partial charge in [0, 0.05) is 19.1 Å². The van der Waals surface area contributed by atoms with Gasteiger partial charge in [0.25, 0.3) is 0 Å². The number of hydrogen-bond acceptors (Lipinski definition) is 2. The fraction of sp³-hybridized carbons (Fsp3) is 0.929. The molecule has 2 fully saturated rings. The van der Waals surface area contributed by atoms with Gasteiger partial charge in [-0.3, -0.25) is 9.69 Å². The molecule has 98 valence electrons. The third-order valence-corrected chi connectivity index (χ3v) is 4.78. The predicted octanol–water partition coefficient (Wildman–Crippen LogP) is 2.61. The molecule has 1 aliphatic heterocycles. The van der Waals surface area contributed by atoms with Gasteiger partial charge >= 0.3 is 5.97 Å². The van der Waals surface area contributed by atoms with Crippen molar-refractivity contribution < 1.29 is 9.90 Å². The van der Waals surface area contributed by atoms with E-state index in [1.165, 1.54) is 32.1 Å². The Morgan fingerprint density at radius 3 is 2.59 bits per heavy atom. The van der Waals surface area contributed by atoms with Gasteiger partial charge in [0.2, 0.25) is 0 Å². The van der Waals surface area contributed by atoms with Gasteiger partial charge in [-0.25, -0.2) is 0 Å². The number of carboxylic acid groups (broad SMARTS) is 1. The normalized spacial score (nSPS) is 33.8. The number of nitrogens with zero attached hydrogens (tertiary/aromatic N) is 1. The molecule has 17 heavy (non-hydrogen) atoms. The van der Waals surface area contributed by atoms with Crippen LogP contribution < -0.4 is 0 Å². The van der Waals surface area contributed by atoms with Crippen LogP contribution in [0, 0.1) is 17.8 Å². The van der Waals surface area contributed by atoms with Gasteiger partial charge in [0.05, 0.1) is 5.92 Å². The van der Waals surface area contributed by atoms with E-state index in [2.05, 4.69) is 11.8 Å². The maximum Gasteiger partial charge on any atom is 0.306 e. The SMILES string of the molecule is CC1CCCC(N2CC(C(C)C(=O)O)C2)CC1. The number of hydrogen-bond donors (Lipinski definition) is 1. The molecule has 0 radical (unpaired) electrons. The van der Waals surface area contributed by atoms with Gasteiger partial charge in [-0.2, -0.15) is 0 Å². The van der Waals surface area contributed by atoms with E-state index in [-0.39, 0.29) is 5.92 Å². The predicted molar refractivity (Wildman–Crippen MR) is 67.9 cm³/mol. The summed E-state index contributed by atoms with van der Waals surface area (Å²) in [7, 11) is 0. The Morgan fingerprint density at radius 2 is 1.94 bits per heavy atom. The average Bonchev–Trinajstić information content (AvgIpc) is 2.41. The second-order valence-corrected chi connectivity index (χ2v) is 6.11. The van der Waals surface area contributed by atoms with Crippen LogP contribution in [-0.2, 0) is 4.79 Å². The lowest BCUT2D eigenvalue weighted by Gasteiger charge is -2.46. The Hall–Kier alpha value is -0.570. The van der Waals surface area contributed by atoms with Crippen LogP contribution in [0.15, 0.2) is 0 Å². The zero-order valence-corrected chi connectivity index (χ0v) is 11.1. The van der Waals surface area contributed by atoms with E-state index < -0.39 is 5.97 Å². The molecule has 0 aromatic carbocycles. The summed E-state index contributed by atoms with van der Waals surface area (Å²) in [4.78, 5) is 13.4.